The number of nitrogens with one attached hydrogen (secondary N) is 1. The van der Waals surface area contributed by atoms with Gasteiger partial charge in [-0.25, -0.2) is 9.67 Å². The van der Waals surface area contributed by atoms with Crippen LogP contribution in [0.15, 0.2) is 48.7 Å². The molecule has 0 unspecified atom stereocenters. The second-order valence-electron chi connectivity index (χ2n) is 8.28. The number of nitrogens with zero attached hydrogens (tertiary/aromatic N) is 5. The second kappa shape index (κ2) is 9.13. The lowest BCUT2D eigenvalue weighted by molar-refractivity contribution is 0.0955. The summed E-state index contributed by atoms with van der Waals surface area (Å²) in [7, 11) is 2.14. The van der Waals surface area contributed by atoms with E-state index in [1.807, 2.05) is 60.3 Å². The maximum atomic E-state index is 12.9. The molecule has 1 amide bonds. The van der Waals surface area contributed by atoms with Crippen LogP contribution >= 0.6 is 22.9 Å². The van der Waals surface area contributed by atoms with Gasteiger partial charge in [0, 0.05) is 44.3 Å². The van der Waals surface area contributed by atoms with Gasteiger partial charge in [-0.1, -0.05) is 29.8 Å². The van der Waals surface area contributed by atoms with Crippen LogP contribution in [0.25, 0.3) is 15.9 Å². The molecule has 170 valence electrons. The molecule has 0 radical (unpaired) electrons. The summed E-state index contributed by atoms with van der Waals surface area (Å²) >= 11 is 7.79. The zero-order chi connectivity index (χ0) is 22.9. The van der Waals surface area contributed by atoms with Crippen molar-refractivity contribution >= 4 is 44.9 Å². The van der Waals surface area contributed by atoms with Gasteiger partial charge in [0.2, 0.25) is 0 Å². The van der Waals surface area contributed by atoms with Crippen molar-refractivity contribution in [3.8, 4) is 5.69 Å². The van der Waals surface area contributed by atoms with Crippen molar-refractivity contribution in [2.24, 2.45) is 0 Å². The zero-order valence-corrected chi connectivity index (χ0v) is 20.2. The molecule has 1 aliphatic rings. The molecular weight excluding hydrogens is 456 g/mol. The number of thiophene rings is 1. The van der Waals surface area contributed by atoms with E-state index in [0.29, 0.717) is 16.4 Å². The molecule has 0 spiro atoms. The van der Waals surface area contributed by atoms with Gasteiger partial charge in [0.05, 0.1) is 21.3 Å². The number of carbonyl (C=O) groups is 1. The first-order valence-electron chi connectivity index (χ1n) is 10.9. The van der Waals surface area contributed by atoms with E-state index in [2.05, 4.69) is 32.2 Å². The molecule has 1 fully saturated rings. The first-order chi connectivity index (χ1) is 16.0. The summed E-state index contributed by atoms with van der Waals surface area (Å²) in [4.78, 5) is 23.6. The highest BCUT2D eigenvalue weighted by Crippen LogP contribution is 2.32. The number of rotatable bonds is 5. The minimum atomic E-state index is -0.107. The van der Waals surface area contributed by atoms with Gasteiger partial charge < -0.3 is 15.1 Å². The number of halogens is 1. The van der Waals surface area contributed by atoms with Crippen LogP contribution in [0.1, 0.15) is 20.9 Å². The van der Waals surface area contributed by atoms with Crippen molar-refractivity contribution in [3.05, 3.63) is 69.8 Å². The number of pyridine rings is 1. The van der Waals surface area contributed by atoms with E-state index in [1.54, 1.807) is 0 Å². The Bertz CT molecular complexity index is 1290. The lowest BCUT2D eigenvalue weighted by atomic mass is 10.2. The molecule has 33 heavy (non-hydrogen) atoms. The number of amides is 1. The Balaban J connectivity index is 1.28. The molecule has 4 heterocycles. The van der Waals surface area contributed by atoms with Crippen LogP contribution < -0.4 is 10.2 Å². The molecule has 0 bridgehead atoms. The molecule has 5 rings (SSSR count). The molecule has 1 aliphatic heterocycles. The first-order valence-corrected chi connectivity index (χ1v) is 12.1. The third-order valence-electron chi connectivity index (χ3n) is 5.94. The van der Waals surface area contributed by atoms with Gasteiger partial charge >= 0.3 is 0 Å². The Morgan fingerprint density at radius 2 is 1.94 bits per heavy atom. The molecule has 4 aromatic rings. The molecule has 7 nitrogen and oxygen atoms in total. The SMILES string of the molecule is Cc1nn(-c2ccccc2Cl)c2sc(C(=O)NCc3ccc(N4CCN(C)CC4)nc3)cc12. The van der Waals surface area contributed by atoms with Crippen LogP contribution in [0.4, 0.5) is 5.82 Å². The van der Waals surface area contributed by atoms with Gasteiger partial charge in [-0.3, -0.25) is 4.79 Å². The fourth-order valence-electron chi connectivity index (χ4n) is 3.96. The van der Waals surface area contributed by atoms with E-state index in [0.717, 1.165) is 59.2 Å². The predicted molar refractivity (Wildman–Crippen MR) is 134 cm³/mol. The topological polar surface area (TPSA) is 66.3 Å². The number of benzene rings is 1. The third-order valence-corrected chi connectivity index (χ3v) is 7.37. The molecule has 1 N–H and O–H groups in total. The predicted octanol–water partition coefficient (Wildman–Crippen LogP) is 4.13. The number of likely N-dealkylation sites (N-methyl/N-ethyl adjacent to an activating group) is 1. The third kappa shape index (κ3) is 4.46. The highest BCUT2D eigenvalue weighted by atomic mass is 35.5. The number of hydrogen-bond acceptors (Lipinski definition) is 6. The van der Waals surface area contributed by atoms with Gasteiger partial charge in [0.15, 0.2) is 0 Å². The molecule has 1 saturated heterocycles. The number of para-hydroxylation sites is 1. The summed E-state index contributed by atoms with van der Waals surface area (Å²) in [6, 6.07) is 13.5. The van der Waals surface area contributed by atoms with Gasteiger partial charge in [0.25, 0.3) is 5.91 Å². The maximum Gasteiger partial charge on any atom is 0.261 e. The van der Waals surface area contributed by atoms with Crippen LogP contribution in [0, 0.1) is 6.92 Å². The lowest BCUT2D eigenvalue weighted by Gasteiger charge is -2.33. The van der Waals surface area contributed by atoms with E-state index in [1.165, 1.54) is 11.3 Å². The van der Waals surface area contributed by atoms with Crippen LogP contribution in [0.3, 0.4) is 0 Å². The minimum absolute atomic E-state index is 0.107. The Morgan fingerprint density at radius 1 is 1.15 bits per heavy atom. The Morgan fingerprint density at radius 3 is 2.67 bits per heavy atom. The molecular formula is C24H25ClN6OS. The molecule has 0 saturated carbocycles. The van der Waals surface area contributed by atoms with E-state index in [4.69, 9.17) is 11.6 Å². The molecule has 0 aliphatic carbocycles. The average molecular weight is 481 g/mol. The second-order valence-corrected chi connectivity index (χ2v) is 9.71. The number of carbonyl (C=O) groups excluding carboxylic acids is 1. The normalized spacial score (nSPS) is 14.7. The molecule has 9 heteroatoms. The van der Waals surface area contributed by atoms with Crippen molar-refractivity contribution in [2.75, 3.05) is 38.1 Å². The largest absolute Gasteiger partial charge is 0.354 e. The smallest absolute Gasteiger partial charge is 0.261 e. The van der Waals surface area contributed by atoms with Crippen molar-refractivity contribution in [1.29, 1.82) is 0 Å². The monoisotopic (exact) mass is 480 g/mol. The fourth-order valence-corrected chi connectivity index (χ4v) is 5.27. The van der Waals surface area contributed by atoms with Crippen LogP contribution in [0.2, 0.25) is 5.02 Å². The van der Waals surface area contributed by atoms with Crippen LogP contribution in [0.5, 0.6) is 0 Å². The Hall–Kier alpha value is -2.94. The summed E-state index contributed by atoms with van der Waals surface area (Å²) in [6.45, 7) is 6.42. The van der Waals surface area contributed by atoms with Gasteiger partial charge in [-0.2, -0.15) is 5.10 Å². The highest BCUT2D eigenvalue weighted by Gasteiger charge is 2.19. The number of aromatic nitrogens is 3. The van der Waals surface area contributed by atoms with E-state index < -0.39 is 0 Å². The van der Waals surface area contributed by atoms with Crippen molar-refractivity contribution in [2.45, 2.75) is 13.5 Å². The first kappa shape index (κ1) is 21.9. The quantitative estimate of drug-likeness (QED) is 0.465. The van der Waals surface area contributed by atoms with Crippen LogP contribution in [-0.2, 0) is 6.54 Å². The number of fused-ring (bicyclic) bond motifs is 1. The standard InChI is InChI=1S/C24H25ClN6OS/c1-16-18-13-21(33-24(18)31(28-16)20-6-4-3-5-19(20)25)23(32)27-15-17-7-8-22(26-14-17)30-11-9-29(2)10-12-30/h3-8,13-14H,9-12,15H2,1-2H3,(H,27,32). The van der Waals surface area contributed by atoms with Gasteiger partial charge in [-0.15, -0.1) is 11.3 Å². The van der Waals surface area contributed by atoms with Crippen molar-refractivity contribution in [1.82, 2.24) is 25.0 Å². The summed E-state index contributed by atoms with van der Waals surface area (Å²) in [5.41, 5.74) is 2.64. The van der Waals surface area contributed by atoms with E-state index in [9.17, 15) is 4.79 Å². The summed E-state index contributed by atoms with van der Waals surface area (Å²) in [6.07, 6.45) is 1.85. The number of piperazine rings is 1. The number of anilines is 1. The van der Waals surface area contributed by atoms with Gasteiger partial charge in [0.1, 0.15) is 10.6 Å². The zero-order valence-electron chi connectivity index (χ0n) is 18.6. The average Bonchev–Trinajstić information content (AvgIpc) is 3.39. The van der Waals surface area contributed by atoms with Crippen molar-refractivity contribution in [3.63, 3.8) is 0 Å². The molecule has 3 aromatic heterocycles. The van der Waals surface area contributed by atoms with Gasteiger partial charge in [-0.05, 0) is 43.8 Å². The van der Waals surface area contributed by atoms with E-state index in [-0.39, 0.29) is 5.91 Å². The summed E-state index contributed by atoms with van der Waals surface area (Å²) in [5, 5.41) is 9.22. The lowest BCUT2D eigenvalue weighted by Crippen LogP contribution is -2.44. The highest BCUT2D eigenvalue weighted by molar-refractivity contribution is 7.20. The summed E-state index contributed by atoms with van der Waals surface area (Å²) < 4.78 is 1.81. The molecule has 0 atom stereocenters. The Labute approximate surface area is 201 Å². The Kier molecular flexibility index (Phi) is 6.05. The number of hydrogen-bond donors (Lipinski definition) is 1. The maximum absolute atomic E-state index is 12.9. The number of aryl methyl sites for hydroxylation is 1. The molecule has 1 aromatic carbocycles. The van der Waals surface area contributed by atoms with E-state index >= 15 is 0 Å². The summed E-state index contributed by atoms with van der Waals surface area (Å²) in [5.74, 6) is 0.881. The van der Waals surface area contributed by atoms with Crippen LogP contribution in [-0.4, -0.2) is 58.8 Å². The minimum Gasteiger partial charge on any atom is -0.354 e. The van der Waals surface area contributed by atoms with Crippen molar-refractivity contribution < 1.29 is 4.79 Å². The fraction of sp³-hybridized carbons (Fsp3) is 0.292.